The van der Waals surface area contributed by atoms with Crippen molar-refractivity contribution in [2.75, 3.05) is 0 Å². The molecule has 1 heterocycles. The zero-order chi connectivity index (χ0) is 17.2. The Hall–Kier alpha value is -0.880. The Kier molecular flexibility index (Phi) is 5.65. The molecule has 0 N–H and O–H groups in total. The lowest BCUT2D eigenvalue weighted by Crippen LogP contribution is -2.48. The summed E-state index contributed by atoms with van der Waals surface area (Å²) in [5, 5.41) is 4.38. The highest BCUT2D eigenvalue weighted by atomic mass is 32.2. The lowest BCUT2D eigenvalue weighted by Gasteiger charge is -2.40. The molecule has 0 aliphatic heterocycles. The summed E-state index contributed by atoms with van der Waals surface area (Å²) in [6.45, 7) is 4.51. The molecule has 2 aliphatic rings. The molecule has 1 aromatic rings. The number of hydrogen-bond donors (Lipinski definition) is 0. The monoisotopic (exact) mass is 353 g/mol. The Labute approximate surface area is 146 Å². The molecule has 2 fully saturated rings. The Morgan fingerprint density at radius 3 is 1.96 bits per heavy atom. The number of nitrogens with zero attached hydrogens (tertiary/aromatic N) is 3. The Bertz CT molecular complexity index is 623. The molecule has 5 nitrogen and oxygen atoms in total. The van der Waals surface area contributed by atoms with E-state index in [4.69, 9.17) is 0 Å². The van der Waals surface area contributed by atoms with Gasteiger partial charge in [-0.2, -0.15) is 9.40 Å². The van der Waals surface area contributed by atoms with Gasteiger partial charge in [-0.05, 0) is 39.5 Å². The van der Waals surface area contributed by atoms with Gasteiger partial charge in [-0.1, -0.05) is 38.5 Å². The van der Waals surface area contributed by atoms with Gasteiger partial charge < -0.3 is 0 Å². The second-order valence-corrected chi connectivity index (χ2v) is 9.16. The molecular weight excluding hydrogens is 322 g/mol. The van der Waals surface area contributed by atoms with Crippen molar-refractivity contribution in [2.24, 2.45) is 0 Å². The number of sulfonamides is 1. The van der Waals surface area contributed by atoms with Crippen LogP contribution in [0.1, 0.15) is 76.8 Å². The van der Waals surface area contributed by atoms with E-state index in [0.29, 0.717) is 17.1 Å². The van der Waals surface area contributed by atoms with Crippen LogP contribution in [0.5, 0.6) is 0 Å². The molecule has 6 heteroatoms. The van der Waals surface area contributed by atoms with E-state index < -0.39 is 10.0 Å². The third-order valence-electron chi connectivity index (χ3n) is 5.65. The van der Waals surface area contributed by atoms with E-state index in [2.05, 4.69) is 5.10 Å². The first-order chi connectivity index (χ1) is 11.5. The molecule has 0 saturated heterocycles. The Balaban J connectivity index is 1.97. The fraction of sp³-hybridized carbons (Fsp3) is 0.833. The van der Waals surface area contributed by atoms with Crippen LogP contribution in [-0.4, -0.2) is 34.6 Å². The minimum Gasteiger partial charge on any atom is -0.271 e. The van der Waals surface area contributed by atoms with Crippen molar-refractivity contribution in [1.29, 1.82) is 0 Å². The third kappa shape index (κ3) is 3.54. The largest absolute Gasteiger partial charge is 0.271 e. The highest BCUT2D eigenvalue weighted by molar-refractivity contribution is 7.89. The number of aryl methyl sites for hydroxylation is 2. The van der Waals surface area contributed by atoms with Crippen LogP contribution in [0.15, 0.2) is 11.1 Å². The van der Waals surface area contributed by atoms with Gasteiger partial charge in [-0.25, -0.2) is 8.42 Å². The van der Waals surface area contributed by atoms with Gasteiger partial charge in [0.15, 0.2) is 0 Å². The van der Waals surface area contributed by atoms with Crippen molar-refractivity contribution >= 4 is 10.0 Å². The van der Waals surface area contributed by atoms with Crippen LogP contribution < -0.4 is 0 Å². The number of hydrogen-bond acceptors (Lipinski definition) is 3. The molecule has 0 bridgehead atoms. The zero-order valence-corrected chi connectivity index (χ0v) is 15.9. The van der Waals surface area contributed by atoms with Crippen LogP contribution in [0.4, 0.5) is 0 Å². The molecule has 24 heavy (non-hydrogen) atoms. The van der Waals surface area contributed by atoms with E-state index >= 15 is 0 Å². The molecule has 0 radical (unpaired) electrons. The molecule has 0 spiro atoms. The zero-order valence-electron chi connectivity index (χ0n) is 15.1. The van der Waals surface area contributed by atoms with Crippen LogP contribution in [0.3, 0.4) is 0 Å². The fourth-order valence-electron chi connectivity index (χ4n) is 4.39. The summed E-state index contributed by atoms with van der Waals surface area (Å²) in [5.74, 6) is 0. The van der Waals surface area contributed by atoms with Gasteiger partial charge in [-0.3, -0.25) is 4.68 Å². The molecule has 3 rings (SSSR count). The Morgan fingerprint density at radius 2 is 1.54 bits per heavy atom. The standard InChI is InChI=1S/C18H31N3O2S/c1-3-20-14-18(15(2)19-20)24(22,23)21(16-10-6-4-7-11-16)17-12-8-5-9-13-17/h14,16-17H,3-13H2,1-2H3. The van der Waals surface area contributed by atoms with Crippen LogP contribution in [-0.2, 0) is 16.6 Å². The molecule has 0 amide bonds. The quantitative estimate of drug-likeness (QED) is 0.807. The summed E-state index contributed by atoms with van der Waals surface area (Å²) in [6, 6.07) is 0.354. The second-order valence-electron chi connectivity index (χ2n) is 7.35. The third-order valence-corrected chi connectivity index (χ3v) is 7.76. The summed E-state index contributed by atoms with van der Waals surface area (Å²) in [5.41, 5.74) is 0.633. The average molecular weight is 354 g/mol. The van der Waals surface area contributed by atoms with Crippen molar-refractivity contribution in [2.45, 2.75) is 102 Å². The molecule has 0 atom stereocenters. The first-order valence-electron chi connectivity index (χ1n) is 9.61. The maximum absolute atomic E-state index is 13.6. The average Bonchev–Trinajstić information content (AvgIpc) is 2.99. The first-order valence-corrected chi connectivity index (χ1v) is 11.1. The van der Waals surface area contributed by atoms with Crippen LogP contribution >= 0.6 is 0 Å². The fourth-order valence-corrected chi connectivity index (χ4v) is 6.49. The summed E-state index contributed by atoms with van der Waals surface area (Å²) < 4.78 is 30.8. The van der Waals surface area contributed by atoms with E-state index in [1.165, 1.54) is 12.8 Å². The van der Waals surface area contributed by atoms with Gasteiger partial charge in [0.25, 0.3) is 0 Å². The van der Waals surface area contributed by atoms with E-state index in [0.717, 1.165) is 51.4 Å². The molecule has 0 unspecified atom stereocenters. The molecular formula is C18H31N3O2S. The van der Waals surface area contributed by atoms with Gasteiger partial charge in [0.1, 0.15) is 4.90 Å². The van der Waals surface area contributed by atoms with Crippen LogP contribution in [0.25, 0.3) is 0 Å². The predicted molar refractivity (Wildman–Crippen MR) is 95.4 cm³/mol. The molecule has 1 aromatic heterocycles. The lowest BCUT2D eigenvalue weighted by molar-refractivity contribution is 0.169. The summed E-state index contributed by atoms with van der Waals surface area (Å²) in [7, 11) is -3.47. The van der Waals surface area contributed by atoms with E-state index in [1.807, 2.05) is 18.2 Å². The maximum Gasteiger partial charge on any atom is 0.246 e. The van der Waals surface area contributed by atoms with Gasteiger partial charge in [0, 0.05) is 24.8 Å². The highest BCUT2D eigenvalue weighted by Gasteiger charge is 2.39. The molecule has 2 aliphatic carbocycles. The normalized spacial score (nSPS) is 21.5. The van der Waals surface area contributed by atoms with E-state index in [9.17, 15) is 8.42 Å². The topological polar surface area (TPSA) is 55.2 Å². The molecule has 0 aromatic carbocycles. The van der Waals surface area contributed by atoms with Crippen molar-refractivity contribution in [3.8, 4) is 0 Å². The maximum atomic E-state index is 13.6. The van der Waals surface area contributed by atoms with Crippen molar-refractivity contribution in [3.63, 3.8) is 0 Å². The van der Waals surface area contributed by atoms with E-state index in [1.54, 1.807) is 10.9 Å². The number of rotatable bonds is 5. The van der Waals surface area contributed by atoms with Crippen molar-refractivity contribution in [1.82, 2.24) is 14.1 Å². The minimum absolute atomic E-state index is 0.177. The summed E-state index contributed by atoms with van der Waals surface area (Å²) in [4.78, 5) is 0.417. The second kappa shape index (κ2) is 7.56. The van der Waals surface area contributed by atoms with Crippen LogP contribution in [0.2, 0.25) is 0 Å². The SMILES string of the molecule is CCn1cc(S(=O)(=O)N(C2CCCCC2)C2CCCCC2)c(C)n1. The lowest BCUT2D eigenvalue weighted by atomic mass is 9.91. The van der Waals surface area contributed by atoms with Gasteiger partial charge in [0.2, 0.25) is 10.0 Å². The number of aromatic nitrogens is 2. The predicted octanol–water partition coefficient (Wildman–Crippen LogP) is 3.87. The smallest absolute Gasteiger partial charge is 0.246 e. The van der Waals surface area contributed by atoms with Gasteiger partial charge in [0.05, 0.1) is 5.69 Å². The van der Waals surface area contributed by atoms with Gasteiger partial charge in [-0.15, -0.1) is 0 Å². The van der Waals surface area contributed by atoms with Crippen molar-refractivity contribution < 1.29 is 8.42 Å². The highest BCUT2D eigenvalue weighted by Crippen LogP contribution is 2.35. The van der Waals surface area contributed by atoms with Crippen molar-refractivity contribution in [3.05, 3.63) is 11.9 Å². The van der Waals surface area contributed by atoms with E-state index in [-0.39, 0.29) is 12.1 Å². The summed E-state index contributed by atoms with van der Waals surface area (Å²) in [6.07, 6.45) is 12.8. The minimum atomic E-state index is -3.47. The molecule has 2 saturated carbocycles. The van der Waals surface area contributed by atoms with Gasteiger partial charge >= 0.3 is 0 Å². The summed E-state index contributed by atoms with van der Waals surface area (Å²) >= 11 is 0. The molecule has 136 valence electrons. The Morgan fingerprint density at radius 1 is 1.04 bits per heavy atom. The van der Waals surface area contributed by atoms with Crippen LogP contribution in [0, 0.1) is 6.92 Å². The first kappa shape index (κ1) is 17.9.